The van der Waals surface area contributed by atoms with E-state index in [1.54, 1.807) is 12.1 Å². The van der Waals surface area contributed by atoms with E-state index < -0.39 is 0 Å². The number of aryl methyl sites for hydroxylation is 1. The quantitative estimate of drug-likeness (QED) is 0.546. The van der Waals surface area contributed by atoms with Crippen LogP contribution in [0.5, 0.6) is 0 Å². The van der Waals surface area contributed by atoms with Gasteiger partial charge in [-0.05, 0) is 27.1 Å². The number of hydrogen-bond acceptors (Lipinski definition) is 3. The molecule has 0 spiro atoms. The van der Waals surface area contributed by atoms with Crippen molar-refractivity contribution in [2.75, 3.05) is 14.1 Å². The summed E-state index contributed by atoms with van der Waals surface area (Å²) in [4.78, 5) is 12.3. The molecule has 1 rings (SSSR count). The highest BCUT2D eigenvalue weighted by atomic mass is 16.6. The third kappa shape index (κ3) is 2.53. The lowest BCUT2D eigenvalue weighted by Gasteiger charge is -2.10. The van der Waals surface area contributed by atoms with Crippen LogP contribution in [0.1, 0.15) is 11.1 Å². The first-order chi connectivity index (χ1) is 6.50. The number of benzene rings is 1. The van der Waals surface area contributed by atoms with Crippen LogP contribution < -0.4 is 0 Å². The largest absolute Gasteiger partial charge is 0.305 e. The molecule has 0 saturated heterocycles. The zero-order valence-corrected chi connectivity index (χ0v) is 8.65. The van der Waals surface area contributed by atoms with E-state index in [0.717, 1.165) is 11.1 Å². The van der Waals surface area contributed by atoms with Gasteiger partial charge in [-0.15, -0.1) is 0 Å². The molecule has 0 radical (unpaired) electrons. The summed E-state index contributed by atoms with van der Waals surface area (Å²) in [7, 11) is 3.79. The molecule has 0 fully saturated rings. The van der Waals surface area contributed by atoms with Crippen molar-refractivity contribution in [3.05, 3.63) is 39.4 Å². The van der Waals surface area contributed by atoms with Gasteiger partial charge in [0, 0.05) is 18.2 Å². The lowest BCUT2D eigenvalue weighted by atomic mass is 10.1. The minimum Gasteiger partial charge on any atom is -0.305 e. The van der Waals surface area contributed by atoms with Gasteiger partial charge in [-0.1, -0.05) is 11.6 Å². The molecule has 1 aromatic rings. The van der Waals surface area contributed by atoms with Gasteiger partial charge in [-0.3, -0.25) is 10.1 Å². The van der Waals surface area contributed by atoms with Crippen LogP contribution in [-0.2, 0) is 6.54 Å². The number of nitro benzene ring substituents is 1. The predicted octanol–water partition coefficient (Wildman–Crippen LogP) is 1.96. The van der Waals surface area contributed by atoms with Crippen LogP contribution in [0, 0.1) is 17.0 Å². The molecule has 0 N–H and O–H groups in total. The summed E-state index contributed by atoms with van der Waals surface area (Å²) >= 11 is 0. The van der Waals surface area contributed by atoms with Gasteiger partial charge in [0.15, 0.2) is 0 Å². The molecule has 0 aliphatic rings. The molecule has 1 aromatic carbocycles. The van der Waals surface area contributed by atoms with Crippen LogP contribution in [0.3, 0.4) is 0 Å². The highest BCUT2D eigenvalue weighted by Gasteiger charge is 2.13. The third-order valence-corrected chi connectivity index (χ3v) is 1.92. The second kappa shape index (κ2) is 4.19. The summed E-state index contributed by atoms with van der Waals surface area (Å²) in [5.41, 5.74) is 2.01. The second-order valence-electron chi connectivity index (χ2n) is 3.63. The first-order valence-electron chi connectivity index (χ1n) is 4.39. The summed E-state index contributed by atoms with van der Waals surface area (Å²) in [6, 6.07) is 5.18. The van der Waals surface area contributed by atoms with E-state index in [4.69, 9.17) is 0 Å². The maximum absolute atomic E-state index is 10.7. The van der Waals surface area contributed by atoms with Gasteiger partial charge < -0.3 is 4.90 Å². The Bertz CT molecular complexity index is 348. The van der Waals surface area contributed by atoms with Crippen LogP contribution in [-0.4, -0.2) is 23.9 Å². The Hall–Kier alpha value is -1.42. The first-order valence-corrected chi connectivity index (χ1v) is 4.39. The van der Waals surface area contributed by atoms with Gasteiger partial charge >= 0.3 is 0 Å². The summed E-state index contributed by atoms with van der Waals surface area (Å²) in [6.07, 6.45) is 0. The molecule has 4 heteroatoms. The lowest BCUT2D eigenvalue weighted by Crippen LogP contribution is -2.12. The van der Waals surface area contributed by atoms with Gasteiger partial charge in [0.25, 0.3) is 5.69 Å². The van der Waals surface area contributed by atoms with E-state index in [2.05, 4.69) is 0 Å². The third-order valence-electron chi connectivity index (χ3n) is 1.92. The van der Waals surface area contributed by atoms with Gasteiger partial charge in [0.2, 0.25) is 0 Å². The molecule has 4 nitrogen and oxygen atoms in total. The van der Waals surface area contributed by atoms with Crippen molar-refractivity contribution >= 4 is 5.69 Å². The summed E-state index contributed by atoms with van der Waals surface area (Å²) in [6.45, 7) is 2.53. The highest BCUT2D eigenvalue weighted by molar-refractivity contribution is 5.42. The van der Waals surface area contributed by atoms with Crippen molar-refractivity contribution < 1.29 is 4.92 Å². The number of rotatable bonds is 3. The minimum absolute atomic E-state index is 0.198. The van der Waals surface area contributed by atoms with Crippen molar-refractivity contribution in [2.45, 2.75) is 13.5 Å². The lowest BCUT2D eigenvalue weighted by molar-refractivity contribution is -0.385. The van der Waals surface area contributed by atoms with Gasteiger partial charge in [-0.25, -0.2) is 0 Å². The topological polar surface area (TPSA) is 46.4 Å². The zero-order valence-electron chi connectivity index (χ0n) is 8.65. The van der Waals surface area contributed by atoms with Crippen LogP contribution in [0.2, 0.25) is 0 Å². The molecular formula is C10H14N2O2. The van der Waals surface area contributed by atoms with Crippen LogP contribution >= 0.6 is 0 Å². The predicted molar refractivity (Wildman–Crippen MR) is 55.2 cm³/mol. The van der Waals surface area contributed by atoms with Crippen LogP contribution in [0.25, 0.3) is 0 Å². The molecule has 0 saturated carbocycles. The summed E-state index contributed by atoms with van der Waals surface area (Å²) in [5.74, 6) is 0. The van der Waals surface area contributed by atoms with E-state index in [1.165, 1.54) is 0 Å². The molecule has 0 heterocycles. The van der Waals surface area contributed by atoms with Crippen molar-refractivity contribution in [2.24, 2.45) is 0 Å². The average Bonchev–Trinajstić information content (AvgIpc) is 2.01. The molecule has 76 valence electrons. The number of hydrogen-bond donors (Lipinski definition) is 0. The fourth-order valence-corrected chi connectivity index (χ4v) is 1.36. The monoisotopic (exact) mass is 194 g/mol. The fourth-order valence-electron chi connectivity index (χ4n) is 1.36. The zero-order chi connectivity index (χ0) is 10.7. The molecule has 0 aromatic heterocycles. The van der Waals surface area contributed by atoms with Crippen molar-refractivity contribution in [1.29, 1.82) is 0 Å². The Morgan fingerprint density at radius 2 is 2.07 bits per heavy atom. The van der Waals surface area contributed by atoms with Crippen molar-refractivity contribution in [1.82, 2.24) is 4.90 Å². The van der Waals surface area contributed by atoms with E-state index in [1.807, 2.05) is 32.0 Å². The Labute approximate surface area is 83.3 Å². The SMILES string of the molecule is Cc1ccc([N+](=O)[O-])c(CN(C)C)c1. The van der Waals surface area contributed by atoms with Gasteiger partial charge in [0.05, 0.1) is 4.92 Å². The normalized spacial score (nSPS) is 10.6. The van der Waals surface area contributed by atoms with Crippen molar-refractivity contribution in [3.8, 4) is 0 Å². The van der Waals surface area contributed by atoms with Crippen LogP contribution in [0.15, 0.2) is 18.2 Å². The Morgan fingerprint density at radius 3 is 2.57 bits per heavy atom. The minimum atomic E-state index is -0.335. The maximum atomic E-state index is 10.7. The molecule has 0 bridgehead atoms. The standard InChI is InChI=1S/C10H14N2O2/c1-8-4-5-10(12(13)14)9(6-8)7-11(2)3/h4-6H,7H2,1-3H3. The number of nitro groups is 1. The number of nitrogens with zero attached hydrogens (tertiary/aromatic N) is 2. The highest BCUT2D eigenvalue weighted by Crippen LogP contribution is 2.20. The van der Waals surface area contributed by atoms with Crippen LogP contribution in [0.4, 0.5) is 5.69 Å². The Balaban J connectivity index is 3.09. The van der Waals surface area contributed by atoms with E-state index >= 15 is 0 Å². The Kier molecular flexibility index (Phi) is 3.19. The van der Waals surface area contributed by atoms with E-state index in [9.17, 15) is 10.1 Å². The fraction of sp³-hybridized carbons (Fsp3) is 0.400. The summed E-state index contributed by atoms with van der Waals surface area (Å²) < 4.78 is 0. The van der Waals surface area contributed by atoms with E-state index in [0.29, 0.717) is 6.54 Å². The second-order valence-corrected chi connectivity index (χ2v) is 3.63. The van der Waals surface area contributed by atoms with Gasteiger partial charge in [0.1, 0.15) is 0 Å². The molecular weight excluding hydrogens is 180 g/mol. The van der Waals surface area contributed by atoms with Gasteiger partial charge in [-0.2, -0.15) is 0 Å². The van der Waals surface area contributed by atoms with E-state index in [-0.39, 0.29) is 10.6 Å². The molecule has 0 amide bonds. The maximum Gasteiger partial charge on any atom is 0.273 e. The molecule has 14 heavy (non-hydrogen) atoms. The summed E-state index contributed by atoms with van der Waals surface area (Å²) in [5, 5.41) is 10.7. The molecule has 0 aliphatic carbocycles. The average molecular weight is 194 g/mol. The smallest absolute Gasteiger partial charge is 0.273 e. The molecule has 0 atom stereocenters. The molecule has 0 unspecified atom stereocenters. The Morgan fingerprint density at radius 1 is 1.43 bits per heavy atom. The van der Waals surface area contributed by atoms with Crippen molar-refractivity contribution in [3.63, 3.8) is 0 Å². The first kappa shape index (κ1) is 10.7. The molecule has 0 aliphatic heterocycles.